The van der Waals surface area contributed by atoms with Crippen molar-refractivity contribution in [2.45, 2.75) is 6.54 Å². The minimum atomic E-state index is -0.286. The molecule has 0 saturated heterocycles. The van der Waals surface area contributed by atoms with Crippen LogP contribution in [0.1, 0.15) is 5.82 Å². The molecule has 0 saturated carbocycles. The Labute approximate surface area is 153 Å². The summed E-state index contributed by atoms with van der Waals surface area (Å²) in [7, 11) is 0. The molecule has 0 spiro atoms. The predicted molar refractivity (Wildman–Crippen MR) is 102 cm³/mol. The highest BCUT2D eigenvalue weighted by Gasteiger charge is 2.08. The van der Waals surface area contributed by atoms with Crippen LogP contribution < -0.4 is 5.32 Å². The fourth-order valence-corrected chi connectivity index (χ4v) is 3.03. The first-order chi connectivity index (χ1) is 13.2. The number of anilines is 1. The van der Waals surface area contributed by atoms with E-state index in [-0.39, 0.29) is 5.82 Å². The van der Waals surface area contributed by atoms with E-state index in [1.807, 2.05) is 48.7 Å². The minimum Gasteiger partial charge on any atom is -0.363 e. The first-order valence-corrected chi connectivity index (χ1v) is 8.54. The molecule has 7 heteroatoms. The van der Waals surface area contributed by atoms with Crippen LogP contribution >= 0.6 is 0 Å². The van der Waals surface area contributed by atoms with Gasteiger partial charge >= 0.3 is 0 Å². The van der Waals surface area contributed by atoms with Gasteiger partial charge in [0.25, 0.3) is 0 Å². The minimum absolute atomic E-state index is 0.286. The molecule has 0 aliphatic heterocycles. The highest BCUT2D eigenvalue weighted by molar-refractivity contribution is 5.74. The highest BCUT2D eigenvalue weighted by atomic mass is 19.1. The molecule has 6 nitrogen and oxygen atoms in total. The summed E-state index contributed by atoms with van der Waals surface area (Å²) in [6, 6.07) is 18.0. The second-order valence-electron chi connectivity index (χ2n) is 6.21. The van der Waals surface area contributed by atoms with Crippen LogP contribution in [0.4, 0.5) is 10.2 Å². The van der Waals surface area contributed by atoms with Gasteiger partial charge in [0, 0.05) is 17.8 Å². The summed E-state index contributed by atoms with van der Waals surface area (Å²) in [5.41, 5.74) is 4.03. The number of imidazole rings is 1. The summed E-state index contributed by atoms with van der Waals surface area (Å²) in [4.78, 5) is 12.4. The van der Waals surface area contributed by atoms with Crippen molar-refractivity contribution in [3.8, 4) is 11.3 Å². The van der Waals surface area contributed by atoms with Crippen LogP contribution in [-0.4, -0.2) is 24.6 Å². The van der Waals surface area contributed by atoms with E-state index in [0.29, 0.717) is 23.7 Å². The van der Waals surface area contributed by atoms with Crippen LogP contribution in [0.25, 0.3) is 27.9 Å². The van der Waals surface area contributed by atoms with Gasteiger partial charge in [0.15, 0.2) is 5.65 Å². The lowest BCUT2D eigenvalue weighted by atomic mass is 10.1. The van der Waals surface area contributed by atoms with Gasteiger partial charge in [0.2, 0.25) is 0 Å². The van der Waals surface area contributed by atoms with Crippen molar-refractivity contribution in [3.63, 3.8) is 0 Å². The van der Waals surface area contributed by atoms with Gasteiger partial charge in [0.05, 0.1) is 23.3 Å². The Morgan fingerprint density at radius 3 is 2.81 bits per heavy atom. The molecule has 0 atom stereocenters. The van der Waals surface area contributed by atoms with Crippen LogP contribution in [0.5, 0.6) is 0 Å². The number of H-pyrrole nitrogens is 1. The molecular formula is C20H15FN6. The number of hydrogen-bond acceptors (Lipinski definition) is 4. The van der Waals surface area contributed by atoms with Gasteiger partial charge in [-0.05, 0) is 30.3 Å². The van der Waals surface area contributed by atoms with E-state index in [2.05, 4.69) is 25.4 Å². The first-order valence-electron chi connectivity index (χ1n) is 8.54. The molecule has 3 aromatic heterocycles. The second kappa shape index (κ2) is 6.21. The number of rotatable bonds is 4. The topological polar surface area (TPSA) is 70.9 Å². The van der Waals surface area contributed by atoms with Gasteiger partial charge in [-0.15, -0.1) is 0 Å². The van der Waals surface area contributed by atoms with Gasteiger partial charge in [-0.2, -0.15) is 5.10 Å². The van der Waals surface area contributed by atoms with Gasteiger partial charge in [-0.1, -0.05) is 24.3 Å². The van der Waals surface area contributed by atoms with Crippen LogP contribution in [0.15, 0.2) is 66.9 Å². The lowest BCUT2D eigenvalue weighted by Crippen LogP contribution is -2.03. The molecule has 2 N–H and O–H groups in total. The van der Waals surface area contributed by atoms with Crippen LogP contribution in [0, 0.1) is 5.82 Å². The van der Waals surface area contributed by atoms with Crippen LogP contribution in [-0.2, 0) is 6.54 Å². The monoisotopic (exact) mass is 358 g/mol. The number of para-hydroxylation sites is 2. The third-order valence-corrected chi connectivity index (χ3v) is 4.32. The zero-order valence-corrected chi connectivity index (χ0v) is 14.2. The summed E-state index contributed by atoms with van der Waals surface area (Å²) in [6.45, 7) is 0.531. The third-order valence-electron chi connectivity index (χ3n) is 4.32. The number of benzene rings is 2. The molecule has 0 amide bonds. The Bertz CT molecular complexity index is 1220. The van der Waals surface area contributed by atoms with Crippen LogP contribution in [0.2, 0.25) is 0 Å². The van der Waals surface area contributed by atoms with E-state index in [9.17, 15) is 4.39 Å². The highest BCUT2D eigenvalue weighted by Crippen LogP contribution is 2.20. The molecule has 132 valence electrons. The molecule has 27 heavy (non-hydrogen) atoms. The molecule has 0 radical (unpaired) electrons. The Hall–Kier alpha value is -3.74. The first kappa shape index (κ1) is 15.5. The molecule has 5 aromatic rings. The van der Waals surface area contributed by atoms with Gasteiger partial charge in [0.1, 0.15) is 17.5 Å². The Balaban J connectivity index is 1.39. The number of hydrogen-bond donors (Lipinski definition) is 2. The molecule has 5 rings (SSSR count). The number of nitrogens with one attached hydrogen (secondary N) is 2. The van der Waals surface area contributed by atoms with E-state index in [1.54, 1.807) is 10.6 Å². The molecule has 3 heterocycles. The van der Waals surface area contributed by atoms with Gasteiger partial charge in [-0.3, -0.25) is 0 Å². The van der Waals surface area contributed by atoms with E-state index in [1.165, 1.54) is 12.1 Å². The van der Waals surface area contributed by atoms with Crippen molar-refractivity contribution >= 4 is 22.5 Å². The normalized spacial score (nSPS) is 11.3. The van der Waals surface area contributed by atoms with E-state index in [4.69, 9.17) is 0 Å². The molecular weight excluding hydrogens is 343 g/mol. The van der Waals surface area contributed by atoms with Crippen molar-refractivity contribution in [3.05, 3.63) is 78.5 Å². The predicted octanol–water partition coefficient (Wildman–Crippen LogP) is 4.02. The number of aromatic amines is 1. The Morgan fingerprint density at radius 2 is 1.93 bits per heavy atom. The number of aromatic nitrogens is 5. The van der Waals surface area contributed by atoms with Gasteiger partial charge in [-0.25, -0.2) is 18.9 Å². The second-order valence-corrected chi connectivity index (χ2v) is 6.21. The van der Waals surface area contributed by atoms with E-state index in [0.717, 1.165) is 22.4 Å². The van der Waals surface area contributed by atoms with Gasteiger partial charge < -0.3 is 10.3 Å². The fourth-order valence-electron chi connectivity index (χ4n) is 3.03. The Kier molecular flexibility index (Phi) is 3.57. The average molecular weight is 358 g/mol. The summed E-state index contributed by atoms with van der Waals surface area (Å²) in [6.07, 6.45) is 1.83. The summed E-state index contributed by atoms with van der Waals surface area (Å²) in [5.74, 6) is 1.27. The van der Waals surface area contributed by atoms with E-state index < -0.39 is 0 Å². The maximum Gasteiger partial charge on any atom is 0.157 e. The molecule has 0 unspecified atom stereocenters. The largest absolute Gasteiger partial charge is 0.363 e. The van der Waals surface area contributed by atoms with Crippen LogP contribution in [0.3, 0.4) is 0 Å². The number of fused-ring (bicyclic) bond motifs is 2. The van der Waals surface area contributed by atoms with Crippen molar-refractivity contribution in [1.82, 2.24) is 24.6 Å². The third kappa shape index (κ3) is 2.99. The Morgan fingerprint density at radius 1 is 1.00 bits per heavy atom. The lowest BCUT2D eigenvalue weighted by Gasteiger charge is -2.03. The molecule has 0 aliphatic carbocycles. The summed E-state index contributed by atoms with van der Waals surface area (Å²) < 4.78 is 15.1. The number of halogens is 1. The molecule has 0 bridgehead atoms. The van der Waals surface area contributed by atoms with Crippen molar-refractivity contribution < 1.29 is 4.39 Å². The standard InChI is InChI=1S/C20H15FN6/c21-14-5-3-4-13(10-14)17-11-20-25-18(8-9-27(20)26-17)22-12-19-23-15-6-1-2-7-16(15)24-19/h1-11H,12H2,(H,22,25)(H,23,24). The SMILES string of the molecule is Fc1cccc(-c2cc3nc(NCc4nc5ccccc5[nH]4)ccn3n2)c1. The lowest BCUT2D eigenvalue weighted by molar-refractivity contribution is 0.628. The quantitative estimate of drug-likeness (QED) is 0.509. The fraction of sp³-hybridized carbons (Fsp3) is 0.0500. The zero-order chi connectivity index (χ0) is 18.2. The number of nitrogens with zero attached hydrogens (tertiary/aromatic N) is 4. The maximum absolute atomic E-state index is 13.4. The maximum atomic E-state index is 13.4. The zero-order valence-electron chi connectivity index (χ0n) is 14.2. The van der Waals surface area contributed by atoms with Crippen molar-refractivity contribution in [2.24, 2.45) is 0 Å². The molecule has 0 aliphatic rings. The molecule has 2 aromatic carbocycles. The van der Waals surface area contributed by atoms with Crippen molar-refractivity contribution in [1.29, 1.82) is 0 Å². The van der Waals surface area contributed by atoms with E-state index >= 15 is 0 Å². The summed E-state index contributed by atoms with van der Waals surface area (Å²) in [5, 5.41) is 7.72. The summed E-state index contributed by atoms with van der Waals surface area (Å²) >= 11 is 0. The van der Waals surface area contributed by atoms with Crippen molar-refractivity contribution in [2.75, 3.05) is 5.32 Å². The smallest absolute Gasteiger partial charge is 0.157 e. The average Bonchev–Trinajstić information content (AvgIpc) is 3.29. The molecule has 0 fully saturated rings.